The van der Waals surface area contributed by atoms with Gasteiger partial charge in [-0.15, -0.1) is 0 Å². The van der Waals surface area contributed by atoms with Crippen LogP contribution in [0.5, 0.6) is 0 Å². The van der Waals surface area contributed by atoms with E-state index in [1.165, 1.54) is 0 Å². The van der Waals surface area contributed by atoms with Crippen LogP contribution in [-0.2, 0) is 0 Å². The van der Waals surface area contributed by atoms with E-state index in [1.54, 1.807) is 0 Å². The molecule has 1 fully saturated rings. The summed E-state index contributed by atoms with van der Waals surface area (Å²) in [5, 5.41) is 7.49. The molecular weight excluding hydrogens is 226 g/mol. The molecule has 0 unspecified atom stereocenters. The molecule has 3 rings (SSSR count). The van der Waals surface area contributed by atoms with Crippen molar-refractivity contribution in [2.24, 2.45) is 0 Å². The Labute approximate surface area is 106 Å². The van der Waals surface area contributed by atoms with E-state index in [2.05, 4.69) is 28.4 Å². The van der Waals surface area contributed by atoms with E-state index >= 15 is 0 Å². The molecule has 1 aromatic heterocycles. The van der Waals surface area contributed by atoms with Crippen molar-refractivity contribution in [1.82, 2.24) is 15.5 Å². The summed E-state index contributed by atoms with van der Waals surface area (Å²) in [6, 6.07) is 8.10. The van der Waals surface area contributed by atoms with Crippen LogP contribution in [0.3, 0.4) is 0 Å². The number of aromatic nitrogens is 2. The number of nitrogens with zero attached hydrogens (tertiary/aromatic N) is 2. The molecule has 1 aliphatic heterocycles. The Bertz CT molecular complexity index is 529. The fourth-order valence-electron chi connectivity index (χ4n) is 2.40. The van der Waals surface area contributed by atoms with Crippen molar-refractivity contribution in [3.05, 3.63) is 35.7 Å². The molecule has 1 N–H and O–H groups in total. The fourth-order valence-corrected chi connectivity index (χ4v) is 2.40. The zero-order valence-corrected chi connectivity index (χ0v) is 10.5. The monoisotopic (exact) mass is 243 g/mol. The predicted molar refractivity (Wildman–Crippen MR) is 69.3 cm³/mol. The third-order valence-electron chi connectivity index (χ3n) is 3.52. The number of hydrogen-bond donors (Lipinski definition) is 1. The summed E-state index contributed by atoms with van der Waals surface area (Å²) in [5.74, 6) is 1.93. The summed E-state index contributed by atoms with van der Waals surface area (Å²) in [5.41, 5.74) is 2.20. The number of piperidine rings is 1. The molecule has 1 aromatic carbocycles. The van der Waals surface area contributed by atoms with Gasteiger partial charge in [0.25, 0.3) is 5.89 Å². The highest BCUT2D eigenvalue weighted by Crippen LogP contribution is 2.26. The standard InChI is InChI=1S/C14H17N3O/c1-10-4-2-3-5-12(10)14-16-13(17-18-14)11-6-8-15-9-7-11/h2-5,11,15H,6-9H2,1H3. The van der Waals surface area contributed by atoms with Gasteiger partial charge in [-0.05, 0) is 44.5 Å². The third kappa shape index (κ3) is 2.16. The summed E-state index contributed by atoms with van der Waals surface area (Å²) >= 11 is 0. The minimum absolute atomic E-state index is 0.438. The molecule has 2 heterocycles. The van der Waals surface area contributed by atoms with Gasteiger partial charge in [0.15, 0.2) is 5.82 Å². The second-order valence-electron chi connectivity index (χ2n) is 4.80. The Kier molecular flexibility index (Phi) is 3.11. The van der Waals surface area contributed by atoms with Crippen molar-refractivity contribution in [1.29, 1.82) is 0 Å². The normalized spacial score (nSPS) is 16.9. The topological polar surface area (TPSA) is 51.0 Å². The van der Waals surface area contributed by atoms with E-state index in [4.69, 9.17) is 4.52 Å². The molecule has 1 aliphatic rings. The lowest BCUT2D eigenvalue weighted by Crippen LogP contribution is -2.27. The molecule has 0 bridgehead atoms. The highest BCUT2D eigenvalue weighted by molar-refractivity contribution is 5.57. The van der Waals surface area contributed by atoms with E-state index in [0.29, 0.717) is 11.8 Å². The summed E-state index contributed by atoms with van der Waals surface area (Å²) in [6.45, 7) is 4.14. The van der Waals surface area contributed by atoms with Crippen LogP contribution in [0.1, 0.15) is 30.1 Å². The molecule has 0 radical (unpaired) electrons. The van der Waals surface area contributed by atoms with E-state index in [9.17, 15) is 0 Å². The van der Waals surface area contributed by atoms with Crippen LogP contribution in [0.25, 0.3) is 11.5 Å². The molecular formula is C14H17N3O. The predicted octanol–water partition coefficient (Wildman–Crippen LogP) is 2.51. The third-order valence-corrected chi connectivity index (χ3v) is 3.52. The molecule has 4 heteroatoms. The zero-order valence-electron chi connectivity index (χ0n) is 10.5. The Balaban J connectivity index is 1.87. The van der Waals surface area contributed by atoms with Crippen LogP contribution in [0.15, 0.2) is 28.8 Å². The van der Waals surface area contributed by atoms with Gasteiger partial charge >= 0.3 is 0 Å². The van der Waals surface area contributed by atoms with E-state index in [-0.39, 0.29) is 0 Å². The molecule has 18 heavy (non-hydrogen) atoms. The minimum atomic E-state index is 0.438. The van der Waals surface area contributed by atoms with E-state index in [1.807, 2.05) is 18.2 Å². The first-order chi connectivity index (χ1) is 8.84. The largest absolute Gasteiger partial charge is 0.334 e. The number of rotatable bonds is 2. The number of nitrogens with one attached hydrogen (secondary N) is 1. The van der Waals surface area contributed by atoms with E-state index in [0.717, 1.165) is 42.9 Å². The van der Waals surface area contributed by atoms with E-state index < -0.39 is 0 Å². The van der Waals surface area contributed by atoms with Gasteiger partial charge in [-0.3, -0.25) is 0 Å². The first kappa shape index (κ1) is 11.4. The van der Waals surface area contributed by atoms with Crippen LogP contribution in [0.2, 0.25) is 0 Å². The Hall–Kier alpha value is -1.68. The van der Waals surface area contributed by atoms with Gasteiger partial charge in [0, 0.05) is 11.5 Å². The Morgan fingerprint density at radius 2 is 2.00 bits per heavy atom. The highest BCUT2D eigenvalue weighted by atomic mass is 16.5. The average molecular weight is 243 g/mol. The Morgan fingerprint density at radius 3 is 2.78 bits per heavy atom. The van der Waals surface area contributed by atoms with Crippen LogP contribution >= 0.6 is 0 Å². The van der Waals surface area contributed by atoms with Gasteiger partial charge in [-0.25, -0.2) is 0 Å². The second kappa shape index (κ2) is 4.90. The molecule has 94 valence electrons. The highest BCUT2D eigenvalue weighted by Gasteiger charge is 2.21. The summed E-state index contributed by atoms with van der Waals surface area (Å²) in [6.07, 6.45) is 2.18. The van der Waals surface area contributed by atoms with Crippen LogP contribution in [-0.4, -0.2) is 23.2 Å². The van der Waals surface area contributed by atoms with Crippen LogP contribution in [0, 0.1) is 6.92 Å². The van der Waals surface area contributed by atoms with Gasteiger partial charge in [-0.2, -0.15) is 4.98 Å². The summed E-state index contributed by atoms with van der Waals surface area (Å²) in [4.78, 5) is 4.56. The lowest BCUT2D eigenvalue weighted by atomic mass is 9.97. The summed E-state index contributed by atoms with van der Waals surface area (Å²) < 4.78 is 5.40. The summed E-state index contributed by atoms with van der Waals surface area (Å²) in [7, 11) is 0. The quantitative estimate of drug-likeness (QED) is 0.880. The molecule has 4 nitrogen and oxygen atoms in total. The molecule has 0 aliphatic carbocycles. The van der Waals surface area contributed by atoms with Gasteiger partial charge < -0.3 is 9.84 Å². The molecule has 0 spiro atoms. The van der Waals surface area contributed by atoms with Crippen LogP contribution < -0.4 is 5.32 Å². The first-order valence-corrected chi connectivity index (χ1v) is 6.45. The molecule has 0 atom stereocenters. The maximum atomic E-state index is 5.40. The van der Waals surface area contributed by atoms with Gasteiger partial charge in [0.2, 0.25) is 0 Å². The number of aryl methyl sites for hydroxylation is 1. The SMILES string of the molecule is Cc1ccccc1-c1nc(C2CCNCC2)no1. The smallest absolute Gasteiger partial charge is 0.258 e. The Morgan fingerprint density at radius 1 is 1.22 bits per heavy atom. The lowest BCUT2D eigenvalue weighted by Gasteiger charge is -2.18. The first-order valence-electron chi connectivity index (χ1n) is 6.45. The van der Waals surface area contributed by atoms with Gasteiger partial charge in [0.05, 0.1) is 0 Å². The average Bonchev–Trinajstić information content (AvgIpc) is 2.90. The zero-order chi connectivity index (χ0) is 12.4. The van der Waals surface area contributed by atoms with Crippen molar-refractivity contribution in [2.45, 2.75) is 25.7 Å². The van der Waals surface area contributed by atoms with Gasteiger partial charge in [-0.1, -0.05) is 23.4 Å². The van der Waals surface area contributed by atoms with Gasteiger partial charge in [0.1, 0.15) is 0 Å². The number of benzene rings is 1. The molecule has 0 amide bonds. The second-order valence-corrected chi connectivity index (χ2v) is 4.80. The lowest BCUT2D eigenvalue weighted by molar-refractivity contribution is 0.392. The van der Waals surface area contributed by atoms with Crippen molar-refractivity contribution in [3.63, 3.8) is 0 Å². The molecule has 2 aromatic rings. The van der Waals surface area contributed by atoms with Crippen molar-refractivity contribution in [3.8, 4) is 11.5 Å². The number of hydrogen-bond acceptors (Lipinski definition) is 4. The van der Waals surface area contributed by atoms with Crippen molar-refractivity contribution in [2.75, 3.05) is 13.1 Å². The molecule has 0 saturated carbocycles. The maximum Gasteiger partial charge on any atom is 0.258 e. The van der Waals surface area contributed by atoms with Crippen LogP contribution in [0.4, 0.5) is 0 Å². The minimum Gasteiger partial charge on any atom is -0.334 e. The van der Waals surface area contributed by atoms with Crippen molar-refractivity contribution < 1.29 is 4.52 Å². The molecule has 1 saturated heterocycles. The van der Waals surface area contributed by atoms with Crippen molar-refractivity contribution >= 4 is 0 Å². The fraction of sp³-hybridized carbons (Fsp3) is 0.429. The maximum absolute atomic E-state index is 5.40.